The number of aromatic nitrogens is 2. The second kappa shape index (κ2) is 4.99. The van der Waals surface area contributed by atoms with Crippen molar-refractivity contribution >= 4 is 33.3 Å². The molecule has 18 heavy (non-hydrogen) atoms. The Morgan fingerprint density at radius 2 is 2.11 bits per heavy atom. The summed E-state index contributed by atoms with van der Waals surface area (Å²) in [6.45, 7) is 0.237. The molecular weight excluding hydrogens is 321 g/mol. The monoisotopic (exact) mass is 329 g/mol. The molecule has 94 valence electrons. The molecule has 0 aliphatic rings. The lowest BCUT2D eigenvalue weighted by molar-refractivity contribution is 0.729. The number of hydrogen-bond donors (Lipinski definition) is 2. The Balaban J connectivity index is 2.50. The van der Waals surface area contributed by atoms with Crippen molar-refractivity contribution in [2.75, 3.05) is 5.73 Å². The molecular formula is C11H9BrClN3O2. The van der Waals surface area contributed by atoms with Gasteiger partial charge in [0, 0.05) is 5.02 Å². The highest BCUT2D eigenvalue weighted by Gasteiger charge is 2.10. The van der Waals surface area contributed by atoms with Gasteiger partial charge in [0.25, 0.3) is 5.56 Å². The first-order valence-electron chi connectivity index (χ1n) is 5.01. The Labute approximate surface area is 115 Å². The number of rotatable bonds is 2. The van der Waals surface area contributed by atoms with Gasteiger partial charge in [0.15, 0.2) is 0 Å². The molecule has 0 spiro atoms. The zero-order valence-corrected chi connectivity index (χ0v) is 11.5. The van der Waals surface area contributed by atoms with Crippen molar-refractivity contribution in [1.29, 1.82) is 0 Å². The van der Waals surface area contributed by atoms with Crippen LogP contribution in [0.3, 0.4) is 0 Å². The zero-order chi connectivity index (χ0) is 13.3. The standard InChI is InChI=1S/C11H9BrClN3O2/c12-8-9(14)16(11(18)15-10(8)17)5-6-2-1-3-7(13)4-6/h1-4H,5,14H2,(H,15,17,18). The minimum Gasteiger partial charge on any atom is -0.384 e. The molecule has 0 saturated heterocycles. The van der Waals surface area contributed by atoms with E-state index in [1.165, 1.54) is 4.57 Å². The number of nitrogens with two attached hydrogens (primary N) is 1. The lowest BCUT2D eigenvalue weighted by atomic mass is 10.2. The molecule has 1 aromatic carbocycles. The number of nitrogen functional groups attached to an aromatic ring is 1. The van der Waals surface area contributed by atoms with E-state index in [0.29, 0.717) is 5.02 Å². The largest absolute Gasteiger partial charge is 0.384 e. The Morgan fingerprint density at radius 1 is 1.39 bits per heavy atom. The van der Waals surface area contributed by atoms with Gasteiger partial charge in [0.05, 0.1) is 6.54 Å². The summed E-state index contributed by atoms with van der Waals surface area (Å²) in [7, 11) is 0. The normalized spacial score (nSPS) is 10.6. The van der Waals surface area contributed by atoms with Gasteiger partial charge in [-0.05, 0) is 33.6 Å². The molecule has 0 fully saturated rings. The van der Waals surface area contributed by atoms with Gasteiger partial charge in [-0.2, -0.15) is 0 Å². The fourth-order valence-corrected chi connectivity index (χ4v) is 2.06. The number of hydrogen-bond acceptors (Lipinski definition) is 3. The Bertz CT molecular complexity index is 708. The zero-order valence-electron chi connectivity index (χ0n) is 9.11. The van der Waals surface area contributed by atoms with Crippen molar-refractivity contribution in [2.45, 2.75) is 6.54 Å². The fraction of sp³-hybridized carbons (Fsp3) is 0.0909. The predicted molar refractivity (Wildman–Crippen MR) is 74.0 cm³/mol. The fourth-order valence-electron chi connectivity index (χ4n) is 1.54. The summed E-state index contributed by atoms with van der Waals surface area (Å²) >= 11 is 8.90. The highest BCUT2D eigenvalue weighted by Crippen LogP contribution is 2.15. The summed E-state index contributed by atoms with van der Waals surface area (Å²) in [6, 6.07) is 7.06. The number of anilines is 1. The van der Waals surface area contributed by atoms with Crippen LogP contribution in [0.4, 0.5) is 5.82 Å². The van der Waals surface area contributed by atoms with Crippen LogP contribution < -0.4 is 17.0 Å². The van der Waals surface area contributed by atoms with Crippen LogP contribution in [0.15, 0.2) is 38.3 Å². The summed E-state index contributed by atoms with van der Waals surface area (Å²) < 4.78 is 1.40. The van der Waals surface area contributed by atoms with Crippen molar-refractivity contribution in [3.63, 3.8) is 0 Å². The third kappa shape index (κ3) is 2.49. The third-order valence-electron chi connectivity index (χ3n) is 2.41. The summed E-state index contributed by atoms with van der Waals surface area (Å²) in [5, 5.41) is 0.572. The van der Waals surface area contributed by atoms with Crippen LogP contribution in [0.5, 0.6) is 0 Å². The van der Waals surface area contributed by atoms with E-state index in [1.807, 2.05) is 6.07 Å². The van der Waals surface area contributed by atoms with Gasteiger partial charge in [-0.1, -0.05) is 23.7 Å². The lowest BCUT2D eigenvalue weighted by Gasteiger charge is -2.10. The van der Waals surface area contributed by atoms with E-state index < -0.39 is 11.2 Å². The molecule has 2 rings (SSSR count). The molecule has 7 heteroatoms. The maximum absolute atomic E-state index is 11.7. The SMILES string of the molecule is Nc1c(Br)c(=O)[nH]c(=O)n1Cc1cccc(Cl)c1. The van der Waals surface area contributed by atoms with Crippen molar-refractivity contribution in [3.05, 3.63) is 60.2 Å². The average molecular weight is 331 g/mol. The van der Waals surface area contributed by atoms with Crippen LogP contribution in [-0.2, 0) is 6.54 Å². The van der Waals surface area contributed by atoms with E-state index in [9.17, 15) is 9.59 Å². The number of halogens is 2. The van der Waals surface area contributed by atoms with Gasteiger partial charge in [-0.15, -0.1) is 0 Å². The lowest BCUT2D eigenvalue weighted by Crippen LogP contribution is -2.32. The van der Waals surface area contributed by atoms with Crippen molar-refractivity contribution in [2.24, 2.45) is 0 Å². The van der Waals surface area contributed by atoms with E-state index in [-0.39, 0.29) is 16.8 Å². The van der Waals surface area contributed by atoms with Crippen LogP contribution in [0, 0.1) is 0 Å². The molecule has 0 bridgehead atoms. The summed E-state index contributed by atoms with van der Waals surface area (Å²) in [6.07, 6.45) is 0. The second-order valence-corrected chi connectivity index (χ2v) is 4.90. The van der Waals surface area contributed by atoms with Crippen LogP contribution in [0.1, 0.15) is 5.56 Å². The van der Waals surface area contributed by atoms with Crippen LogP contribution in [0.25, 0.3) is 0 Å². The van der Waals surface area contributed by atoms with Gasteiger partial charge in [0.1, 0.15) is 10.3 Å². The van der Waals surface area contributed by atoms with Gasteiger partial charge < -0.3 is 5.73 Å². The molecule has 3 N–H and O–H groups in total. The Morgan fingerprint density at radius 3 is 2.78 bits per heavy atom. The molecule has 0 amide bonds. The van der Waals surface area contributed by atoms with Crippen LogP contribution >= 0.6 is 27.5 Å². The smallest absolute Gasteiger partial charge is 0.330 e. The average Bonchev–Trinajstić information content (AvgIpc) is 2.32. The van der Waals surface area contributed by atoms with Crippen LogP contribution in [0.2, 0.25) is 5.02 Å². The minimum absolute atomic E-state index is 0.0868. The summed E-state index contributed by atoms with van der Waals surface area (Å²) in [5.74, 6) is 0.0868. The number of aromatic amines is 1. The van der Waals surface area contributed by atoms with Crippen molar-refractivity contribution in [3.8, 4) is 0 Å². The number of benzene rings is 1. The molecule has 0 atom stereocenters. The van der Waals surface area contributed by atoms with Crippen molar-refractivity contribution < 1.29 is 0 Å². The quantitative estimate of drug-likeness (QED) is 0.877. The van der Waals surface area contributed by atoms with Gasteiger partial charge >= 0.3 is 5.69 Å². The Kier molecular flexibility index (Phi) is 3.58. The number of nitrogens with one attached hydrogen (secondary N) is 1. The van der Waals surface area contributed by atoms with Gasteiger partial charge in [0.2, 0.25) is 0 Å². The third-order valence-corrected chi connectivity index (χ3v) is 3.41. The molecule has 0 saturated carbocycles. The highest BCUT2D eigenvalue weighted by molar-refractivity contribution is 9.10. The molecule has 0 aliphatic heterocycles. The number of nitrogens with zero attached hydrogens (tertiary/aromatic N) is 1. The molecule has 0 radical (unpaired) electrons. The molecule has 1 heterocycles. The van der Waals surface area contributed by atoms with E-state index >= 15 is 0 Å². The van der Waals surface area contributed by atoms with Gasteiger partial charge in [-0.3, -0.25) is 14.3 Å². The van der Waals surface area contributed by atoms with E-state index in [1.54, 1.807) is 18.2 Å². The van der Waals surface area contributed by atoms with Crippen molar-refractivity contribution in [1.82, 2.24) is 9.55 Å². The molecule has 0 aliphatic carbocycles. The maximum Gasteiger partial charge on any atom is 0.330 e. The predicted octanol–water partition coefficient (Wildman–Crippen LogP) is 1.58. The minimum atomic E-state index is -0.555. The van der Waals surface area contributed by atoms with E-state index in [4.69, 9.17) is 17.3 Å². The molecule has 5 nitrogen and oxygen atoms in total. The molecule has 0 unspecified atom stereocenters. The first-order chi connectivity index (χ1) is 8.49. The first-order valence-corrected chi connectivity index (χ1v) is 6.18. The first kappa shape index (κ1) is 12.9. The molecule has 2 aromatic rings. The van der Waals surface area contributed by atoms with E-state index in [2.05, 4.69) is 20.9 Å². The Hall–Kier alpha value is -1.53. The van der Waals surface area contributed by atoms with Gasteiger partial charge in [-0.25, -0.2) is 4.79 Å². The number of H-pyrrole nitrogens is 1. The van der Waals surface area contributed by atoms with E-state index in [0.717, 1.165) is 5.56 Å². The summed E-state index contributed by atoms with van der Waals surface area (Å²) in [5.41, 5.74) is 5.45. The highest BCUT2D eigenvalue weighted by atomic mass is 79.9. The topological polar surface area (TPSA) is 80.9 Å². The molecule has 1 aromatic heterocycles. The maximum atomic E-state index is 11.7. The second-order valence-electron chi connectivity index (χ2n) is 3.67. The summed E-state index contributed by atoms with van der Waals surface area (Å²) in [4.78, 5) is 25.2. The van der Waals surface area contributed by atoms with Crippen LogP contribution in [-0.4, -0.2) is 9.55 Å².